The van der Waals surface area contributed by atoms with Gasteiger partial charge in [0.25, 0.3) is 0 Å². The van der Waals surface area contributed by atoms with E-state index in [9.17, 15) is 0 Å². The van der Waals surface area contributed by atoms with Crippen molar-refractivity contribution in [2.75, 3.05) is 4.43 Å². The molecule has 1 aromatic rings. The van der Waals surface area contributed by atoms with E-state index in [0.717, 1.165) is 0 Å². The molecule has 1 heterocycles. The molecule has 0 unspecified atom stereocenters. The molecule has 1 aliphatic heterocycles. The number of hydrogen-bond acceptors (Lipinski definition) is 0. The Morgan fingerprint density at radius 3 is 2.85 bits per heavy atom. The summed E-state index contributed by atoms with van der Waals surface area (Å²) in [5, 5.41) is 0. The van der Waals surface area contributed by atoms with Gasteiger partial charge in [-0.25, -0.2) is 0 Å². The van der Waals surface area contributed by atoms with Crippen molar-refractivity contribution >= 4 is 0 Å². The summed E-state index contributed by atoms with van der Waals surface area (Å²) in [4.78, 5) is 0. The molecular formula is C12H16I-. The number of fused-ring (bicyclic) bond motifs is 1. The quantitative estimate of drug-likeness (QED) is 0.462. The molecule has 1 aliphatic rings. The van der Waals surface area contributed by atoms with E-state index in [2.05, 4.69) is 26.0 Å². The molecule has 0 aliphatic carbocycles. The van der Waals surface area contributed by atoms with Crippen molar-refractivity contribution in [1.29, 1.82) is 0 Å². The molecule has 0 atom stereocenters. The van der Waals surface area contributed by atoms with Crippen molar-refractivity contribution in [3.8, 4) is 0 Å². The zero-order chi connectivity index (χ0) is 9.26. The second-order valence-corrected chi connectivity index (χ2v) is 6.83. The van der Waals surface area contributed by atoms with Crippen LogP contribution in [0.4, 0.5) is 0 Å². The summed E-state index contributed by atoms with van der Waals surface area (Å²) in [6.45, 7) is 4.50. The molecule has 0 N–H and O–H groups in total. The Kier molecular flexibility index (Phi) is 2.92. The summed E-state index contributed by atoms with van der Waals surface area (Å²) in [7, 11) is 0. The van der Waals surface area contributed by atoms with E-state index in [1.165, 1.54) is 34.8 Å². The van der Waals surface area contributed by atoms with E-state index < -0.39 is 0 Å². The summed E-state index contributed by atoms with van der Waals surface area (Å²) >= 11 is 0.334. The van der Waals surface area contributed by atoms with Gasteiger partial charge in [0.2, 0.25) is 0 Å². The van der Waals surface area contributed by atoms with Gasteiger partial charge in [0, 0.05) is 0 Å². The average molecular weight is 287 g/mol. The molecule has 72 valence electrons. The normalized spacial score (nSPS) is 17.1. The summed E-state index contributed by atoms with van der Waals surface area (Å²) in [5.41, 5.74) is 4.69. The second kappa shape index (κ2) is 3.99. The number of hydrogen-bond donors (Lipinski definition) is 0. The van der Waals surface area contributed by atoms with Crippen molar-refractivity contribution in [2.45, 2.75) is 33.1 Å². The monoisotopic (exact) mass is 287 g/mol. The molecule has 13 heavy (non-hydrogen) atoms. The maximum absolute atomic E-state index is 2.43. The van der Waals surface area contributed by atoms with Crippen LogP contribution in [-0.4, -0.2) is 4.43 Å². The van der Waals surface area contributed by atoms with Crippen LogP contribution in [0.2, 0.25) is 0 Å². The van der Waals surface area contributed by atoms with E-state index in [-0.39, 0.29) is 0 Å². The van der Waals surface area contributed by atoms with Gasteiger partial charge in [0.15, 0.2) is 0 Å². The minimum absolute atomic E-state index is 0.334. The molecule has 0 radical (unpaired) electrons. The van der Waals surface area contributed by atoms with Crippen LogP contribution in [0.15, 0.2) is 12.1 Å². The van der Waals surface area contributed by atoms with Gasteiger partial charge in [-0.1, -0.05) is 0 Å². The fraction of sp³-hybridized carbons (Fsp3) is 0.500. The number of alkyl halides is 1. The number of rotatable bonds is 0. The average Bonchev–Trinajstić information content (AvgIpc) is 2.28. The number of benzene rings is 1. The SMILES string of the molecule is Cc1cc(C)c2c(c1)[I-]CCCC2. The summed E-state index contributed by atoms with van der Waals surface area (Å²) in [6.07, 6.45) is 4.21. The predicted octanol–water partition coefficient (Wildman–Crippen LogP) is -0.102. The summed E-state index contributed by atoms with van der Waals surface area (Å²) in [6, 6.07) is 4.77. The Bertz CT molecular complexity index is 315. The Hall–Kier alpha value is -0.0500. The number of halogens is 1. The Morgan fingerprint density at radius 2 is 2.00 bits per heavy atom. The molecule has 0 fully saturated rings. The molecule has 0 bridgehead atoms. The standard InChI is InChI=1S/C12H16I/c1-9-7-10(2)11-5-3-4-6-13-12(11)8-9/h7-8H,3-6H2,1-2H3/q-1. The van der Waals surface area contributed by atoms with Gasteiger partial charge < -0.3 is 0 Å². The van der Waals surface area contributed by atoms with Crippen LogP contribution < -0.4 is 21.2 Å². The van der Waals surface area contributed by atoms with Gasteiger partial charge in [-0.3, -0.25) is 0 Å². The van der Waals surface area contributed by atoms with Crippen LogP contribution in [0, 0.1) is 17.4 Å². The molecule has 1 heteroatoms. The van der Waals surface area contributed by atoms with Gasteiger partial charge in [0.05, 0.1) is 0 Å². The van der Waals surface area contributed by atoms with Crippen LogP contribution in [0.25, 0.3) is 0 Å². The maximum atomic E-state index is 2.43. The molecule has 0 nitrogen and oxygen atoms in total. The van der Waals surface area contributed by atoms with Crippen LogP contribution >= 0.6 is 0 Å². The van der Waals surface area contributed by atoms with E-state index in [1.54, 1.807) is 9.13 Å². The first-order valence-electron chi connectivity index (χ1n) is 4.96. The molecule has 1 aromatic carbocycles. The first-order valence-corrected chi connectivity index (χ1v) is 7.57. The first-order chi connectivity index (χ1) is 6.27. The van der Waals surface area contributed by atoms with Crippen molar-refractivity contribution in [3.63, 3.8) is 0 Å². The van der Waals surface area contributed by atoms with Crippen molar-refractivity contribution < 1.29 is 21.2 Å². The van der Waals surface area contributed by atoms with Gasteiger partial charge >= 0.3 is 91.1 Å². The second-order valence-electron chi connectivity index (χ2n) is 3.82. The van der Waals surface area contributed by atoms with Crippen LogP contribution in [0.3, 0.4) is 0 Å². The van der Waals surface area contributed by atoms with Crippen molar-refractivity contribution in [2.24, 2.45) is 0 Å². The molecule has 0 spiro atoms. The van der Waals surface area contributed by atoms with E-state index >= 15 is 0 Å². The van der Waals surface area contributed by atoms with E-state index in [4.69, 9.17) is 0 Å². The zero-order valence-electron chi connectivity index (χ0n) is 8.36. The van der Waals surface area contributed by atoms with E-state index in [1.807, 2.05) is 0 Å². The zero-order valence-corrected chi connectivity index (χ0v) is 10.5. The van der Waals surface area contributed by atoms with Gasteiger partial charge in [-0.2, -0.15) is 0 Å². The third-order valence-electron chi connectivity index (χ3n) is 2.61. The number of aryl methyl sites for hydroxylation is 2. The third-order valence-corrected chi connectivity index (χ3v) is 5.70. The van der Waals surface area contributed by atoms with Gasteiger partial charge in [-0.05, 0) is 0 Å². The molecule has 0 saturated carbocycles. The van der Waals surface area contributed by atoms with Gasteiger partial charge in [-0.15, -0.1) is 0 Å². The molecular weight excluding hydrogens is 271 g/mol. The minimum atomic E-state index is 0.334. The molecule has 0 aromatic heterocycles. The topological polar surface area (TPSA) is 0 Å². The molecule has 0 amide bonds. The van der Waals surface area contributed by atoms with Crippen molar-refractivity contribution in [3.05, 3.63) is 32.4 Å². The van der Waals surface area contributed by atoms with E-state index in [0.29, 0.717) is 21.2 Å². The fourth-order valence-corrected chi connectivity index (χ4v) is 5.32. The first kappa shape index (κ1) is 9.50. The Balaban J connectivity index is 2.47. The molecule has 0 saturated heterocycles. The third kappa shape index (κ3) is 2.06. The predicted molar refractivity (Wildman–Crippen MR) is 52.4 cm³/mol. The fourth-order valence-electron chi connectivity index (χ4n) is 1.95. The molecule has 2 rings (SSSR count). The van der Waals surface area contributed by atoms with Crippen LogP contribution in [0.1, 0.15) is 29.5 Å². The summed E-state index contributed by atoms with van der Waals surface area (Å²) < 4.78 is 3.23. The Labute approximate surface area is 91.0 Å². The van der Waals surface area contributed by atoms with Gasteiger partial charge in [0.1, 0.15) is 0 Å². The van der Waals surface area contributed by atoms with Crippen LogP contribution in [-0.2, 0) is 6.42 Å². The van der Waals surface area contributed by atoms with Crippen LogP contribution in [0.5, 0.6) is 0 Å². The Morgan fingerprint density at radius 1 is 1.15 bits per heavy atom. The summed E-state index contributed by atoms with van der Waals surface area (Å²) in [5.74, 6) is 0. The van der Waals surface area contributed by atoms with Crippen molar-refractivity contribution in [1.82, 2.24) is 0 Å².